The zero-order chi connectivity index (χ0) is 20.4. The number of thioether (sulfide) groups is 1. The van der Waals surface area contributed by atoms with E-state index in [1.165, 1.54) is 0 Å². The summed E-state index contributed by atoms with van der Waals surface area (Å²) in [5.74, 6) is -0.689. The van der Waals surface area contributed by atoms with Crippen LogP contribution in [0, 0.1) is 5.92 Å². The fourth-order valence-electron chi connectivity index (χ4n) is 3.40. The molecule has 1 aliphatic heterocycles. The van der Waals surface area contributed by atoms with Gasteiger partial charge in [-0.15, -0.1) is 11.8 Å². The molecule has 152 valence electrons. The first-order valence-electron chi connectivity index (χ1n) is 9.22. The third kappa shape index (κ3) is 4.73. The van der Waals surface area contributed by atoms with Gasteiger partial charge in [-0.05, 0) is 57.9 Å². The number of benzene rings is 1. The van der Waals surface area contributed by atoms with Crippen LogP contribution in [0.15, 0.2) is 24.3 Å². The maximum absolute atomic E-state index is 13.7. The Bertz CT molecular complexity index is 700. The summed E-state index contributed by atoms with van der Waals surface area (Å²) >= 11 is 7.61. The Morgan fingerprint density at radius 3 is 2.19 bits per heavy atom. The zero-order valence-corrected chi connectivity index (χ0v) is 19.2. The van der Waals surface area contributed by atoms with Crippen LogP contribution >= 0.6 is 31.0 Å². The molecule has 1 aromatic rings. The molecule has 0 N–H and O–H groups in total. The van der Waals surface area contributed by atoms with Crippen LogP contribution in [-0.4, -0.2) is 39.9 Å². The molecule has 1 fully saturated rings. The first-order chi connectivity index (χ1) is 12.6. The van der Waals surface area contributed by atoms with Gasteiger partial charge in [0.2, 0.25) is 0 Å². The summed E-state index contributed by atoms with van der Waals surface area (Å²) in [6.45, 7) is 12.2. The molecule has 27 heavy (non-hydrogen) atoms. The summed E-state index contributed by atoms with van der Waals surface area (Å²) in [7, 11) is -3.55. The molecule has 1 heterocycles. The van der Waals surface area contributed by atoms with Gasteiger partial charge in [-0.3, -0.25) is 9.36 Å². The smallest absolute Gasteiger partial charge is 0.310 e. The lowest BCUT2D eigenvalue weighted by atomic mass is 10.1. The predicted octanol–water partition coefficient (Wildman–Crippen LogP) is 5.88. The molecule has 2 rings (SSSR count). The predicted molar refractivity (Wildman–Crippen MR) is 113 cm³/mol. The summed E-state index contributed by atoms with van der Waals surface area (Å²) in [5.41, 5.74) is 0.507. The zero-order valence-electron chi connectivity index (χ0n) is 16.8. The van der Waals surface area contributed by atoms with E-state index in [1.54, 1.807) is 54.8 Å². The summed E-state index contributed by atoms with van der Waals surface area (Å²) in [5, 5.41) is 0.427. The molecule has 0 radical (unpaired) electrons. The lowest BCUT2D eigenvalue weighted by Crippen LogP contribution is -2.47. The summed E-state index contributed by atoms with van der Waals surface area (Å²) in [6, 6.07) is 6.77. The van der Waals surface area contributed by atoms with Crippen molar-refractivity contribution in [3.63, 3.8) is 0 Å². The van der Waals surface area contributed by atoms with E-state index in [2.05, 4.69) is 13.8 Å². The van der Waals surface area contributed by atoms with E-state index in [4.69, 9.17) is 20.6 Å². The number of hydrogen-bond donors (Lipinski definition) is 0. The van der Waals surface area contributed by atoms with E-state index < -0.39 is 18.1 Å². The average molecular weight is 434 g/mol. The molecule has 1 saturated heterocycles. The van der Waals surface area contributed by atoms with E-state index in [-0.39, 0.29) is 30.4 Å². The summed E-state index contributed by atoms with van der Waals surface area (Å²) < 4.78 is 24.6. The van der Waals surface area contributed by atoms with Gasteiger partial charge >= 0.3 is 7.60 Å². The largest absolute Gasteiger partial charge is 0.354 e. The van der Waals surface area contributed by atoms with Crippen molar-refractivity contribution in [3.8, 4) is 0 Å². The molecular formula is C19H29ClNO4PS. The van der Waals surface area contributed by atoms with E-state index in [9.17, 15) is 9.36 Å². The molecular weight excluding hydrogens is 405 g/mol. The van der Waals surface area contributed by atoms with Gasteiger partial charge in [0.15, 0.2) is 0 Å². The molecule has 0 aromatic heterocycles. The second kappa shape index (κ2) is 8.87. The van der Waals surface area contributed by atoms with Gasteiger partial charge in [0.05, 0.1) is 18.6 Å². The Morgan fingerprint density at radius 2 is 1.74 bits per heavy atom. The fourth-order valence-corrected chi connectivity index (χ4v) is 8.04. The van der Waals surface area contributed by atoms with Crippen molar-refractivity contribution in [3.05, 3.63) is 34.9 Å². The van der Waals surface area contributed by atoms with Gasteiger partial charge < -0.3 is 13.9 Å². The van der Waals surface area contributed by atoms with Gasteiger partial charge in [0.25, 0.3) is 5.91 Å². The van der Waals surface area contributed by atoms with E-state index in [0.29, 0.717) is 10.6 Å². The van der Waals surface area contributed by atoms with Crippen molar-refractivity contribution in [2.75, 3.05) is 13.2 Å². The minimum atomic E-state index is -3.55. The van der Waals surface area contributed by atoms with Gasteiger partial charge in [-0.1, -0.05) is 25.4 Å². The minimum absolute atomic E-state index is 0.137. The van der Waals surface area contributed by atoms with Crippen molar-refractivity contribution in [1.29, 1.82) is 0 Å². The highest BCUT2D eigenvalue weighted by atomic mass is 35.5. The monoisotopic (exact) mass is 433 g/mol. The molecule has 0 saturated carbocycles. The van der Waals surface area contributed by atoms with Gasteiger partial charge in [-0.2, -0.15) is 0 Å². The second-order valence-corrected chi connectivity index (χ2v) is 11.6. The van der Waals surface area contributed by atoms with Crippen molar-refractivity contribution < 1.29 is 18.4 Å². The lowest BCUT2D eigenvalue weighted by Gasteiger charge is -2.37. The Labute approximate surface area is 171 Å². The number of amides is 1. The Balaban J connectivity index is 2.56. The highest BCUT2D eigenvalue weighted by molar-refractivity contribution is 8.01. The number of hydrogen-bond acceptors (Lipinski definition) is 5. The Kier molecular flexibility index (Phi) is 7.48. The fraction of sp³-hybridized carbons (Fsp3) is 0.632. The Hall–Kier alpha value is -0.520. The molecule has 1 aromatic carbocycles. The van der Waals surface area contributed by atoms with Crippen LogP contribution < -0.4 is 0 Å². The molecule has 0 aliphatic carbocycles. The van der Waals surface area contributed by atoms with E-state index in [0.717, 1.165) is 0 Å². The number of carbonyl (C=O) groups is 1. The van der Waals surface area contributed by atoms with Crippen LogP contribution in [0.1, 0.15) is 51.9 Å². The molecule has 1 amide bonds. The van der Waals surface area contributed by atoms with Crippen molar-refractivity contribution in [2.45, 2.75) is 57.4 Å². The normalized spacial score (nSPS) is 22.4. The third-order valence-corrected chi connectivity index (χ3v) is 9.40. The molecule has 1 aliphatic rings. The van der Waals surface area contributed by atoms with Crippen LogP contribution in [0.2, 0.25) is 5.02 Å². The van der Waals surface area contributed by atoms with Crippen LogP contribution in [0.4, 0.5) is 0 Å². The lowest BCUT2D eigenvalue weighted by molar-refractivity contribution is 0.0645. The SMILES string of the molecule is CCOP(=O)(OCC)C1N(C(=O)c2ccc(Cl)cc2)C(C(C)C)SC1(C)C. The topological polar surface area (TPSA) is 55.8 Å². The summed E-state index contributed by atoms with van der Waals surface area (Å²) in [4.78, 5) is 15.2. The highest BCUT2D eigenvalue weighted by Gasteiger charge is 2.59. The molecule has 5 nitrogen and oxygen atoms in total. The summed E-state index contributed by atoms with van der Waals surface area (Å²) in [6.07, 6.45) is 0. The molecule has 0 bridgehead atoms. The number of carbonyl (C=O) groups excluding carboxylic acids is 1. The van der Waals surface area contributed by atoms with Crippen LogP contribution in [-0.2, 0) is 13.6 Å². The van der Waals surface area contributed by atoms with Gasteiger partial charge in [0.1, 0.15) is 5.78 Å². The van der Waals surface area contributed by atoms with Crippen molar-refractivity contribution in [2.24, 2.45) is 5.92 Å². The molecule has 2 atom stereocenters. The number of rotatable bonds is 7. The maximum atomic E-state index is 13.7. The van der Waals surface area contributed by atoms with Gasteiger partial charge in [0, 0.05) is 15.3 Å². The second-order valence-electron chi connectivity index (χ2n) is 7.32. The van der Waals surface area contributed by atoms with Gasteiger partial charge in [-0.25, -0.2) is 0 Å². The number of nitrogens with zero attached hydrogens (tertiary/aromatic N) is 1. The highest BCUT2D eigenvalue weighted by Crippen LogP contribution is 2.65. The van der Waals surface area contributed by atoms with Crippen LogP contribution in [0.25, 0.3) is 0 Å². The Morgan fingerprint density at radius 1 is 1.22 bits per heavy atom. The maximum Gasteiger partial charge on any atom is 0.354 e. The third-order valence-electron chi connectivity index (χ3n) is 4.40. The van der Waals surface area contributed by atoms with Crippen LogP contribution in [0.5, 0.6) is 0 Å². The number of halogens is 1. The van der Waals surface area contributed by atoms with E-state index in [1.807, 2.05) is 13.8 Å². The van der Waals surface area contributed by atoms with E-state index >= 15 is 0 Å². The quantitative estimate of drug-likeness (QED) is 0.502. The average Bonchev–Trinajstić information content (AvgIpc) is 2.87. The first kappa shape index (κ1) is 22.8. The van der Waals surface area contributed by atoms with Crippen molar-refractivity contribution >= 4 is 36.9 Å². The first-order valence-corrected chi connectivity index (χ1v) is 12.1. The molecule has 8 heteroatoms. The molecule has 0 spiro atoms. The standard InChI is InChI=1S/C19H29ClNO4PS/c1-7-24-26(23,25-8-2)18-19(5,6)27-17(13(3)4)21(18)16(22)14-9-11-15(20)12-10-14/h9-13,17-18H,7-8H2,1-6H3. The van der Waals surface area contributed by atoms with Crippen LogP contribution in [0.3, 0.4) is 0 Å². The van der Waals surface area contributed by atoms with Crippen molar-refractivity contribution in [1.82, 2.24) is 4.90 Å². The molecule has 2 unspecified atom stereocenters. The minimum Gasteiger partial charge on any atom is -0.310 e.